The summed E-state index contributed by atoms with van der Waals surface area (Å²) >= 11 is 0. The summed E-state index contributed by atoms with van der Waals surface area (Å²) in [6.45, 7) is 30.5. The quantitative estimate of drug-likeness (QED) is 0.0867. The van der Waals surface area contributed by atoms with Crippen molar-refractivity contribution >= 4 is 86.2 Å². The first-order valence-electron chi connectivity index (χ1n) is 47.1. The maximum Gasteiger partial charge on any atom is 0.0319 e. The van der Waals surface area contributed by atoms with E-state index in [9.17, 15) is 0 Å². The van der Waals surface area contributed by atoms with Crippen molar-refractivity contribution in [2.24, 2.45) is 23.7 Å². The van der Waals surface area contributed by atoms with Crippen molar-refractivity contribution in [3.8, 4) is 11.1 Å². The molecule has 0 unspecified atom stereocenters. The van der Waals surface area contributed by atoms with Crippen LogP contribution in [0.15, 0.2) is 510 Å². The minimum atomic E-state index is 0.0858. The minimum absolute atomic E-state index is 0.0858. The summed E-state index contributed by atoms with van der Waals surface area (Å²) in [6.07, 6.45) is 0. The van der Waals surface area contributed by atoms with E-state index >= 15 is 0 Å². The summed E-state index contributed by atoms with van der Waals surface area (Å²) in [7, 11) is 8.00. The van der Waals surface area contributed by atoms with Crippen molar-refractivity contribution < 1.29 is 40.9 Å². The van der Waals surface area contributed by atoms with E-state index in [0.717, 1.165) is 80.6 Å². The fraction of sp³-hybridized carbons (Fsp3) is 0.206. The van der Waals surface area contributed by atoms with Gasteiger partial charge in [0.1, 0.15) is 0 Å². The van der Waals surface area contributed by atoms with Crippen LogP contribution < -0.4 is 0 Å². The normalized spacial score (nSPS) is 9.19. The molecule has 0 spiro atoms. The molecule has 0 fully saturated rings. The molecule has 20 aromatic rings. The van der Waals surface area contributed by atoms with Crippen molar-refractivity contribution in [1.82, 2.24) is 0 Å². The van der Waals surface area contributed by atoms with E-state index in [2.05, 4.69) is 594 Å². The lowest BCUT2D eigenvalue weighted by molar-refractivity contribution is 0.399. The predicted molar refractivity (Wildman–Crippen MR) is 616 cm³/mol. The van der Waals surface area contributed by atoms with Crippen molar-refractivity contribution in [3.05, 3.63) is 521 Å². The standard InChI is InChI=1S/C15H16.C12H10.8C10H8.4C4H10.8CH4O/c1-15(2,13-9-5-3-6-10-13)14-11-7-4-8-12-14;1-3-7-11(8-4-1)12-9-5-2-6-10-12;8*1-2-6-10-8-4-3-7-9(10)5-1;4*1-4(2)3;8*1-2/h3-12H,1-2H3;1-10H;8*1-8H;4*4H,1-3H3;8*2H,1H3. The van der Waals surface area contributed by atoms with Crippen LogP contribution in [0.4, 0.5) is 0 Å². The molecule has 734 valence electrons. The van der Waals surface area contributed by atoms with Crippen molar-refractivity contribution in [1.29, 1.82) is 0 Å². The van der Waals surface area contributed by atoms with Gasteiger partial charge in [0, 0.05) is 62.3 Å². The topological polar surface area (TPSA) is 162 Å². The summed E-state index contributed by atoms with van der Waals surface area (Å²) in [4.78, 5) is 0. The Labute approximate surface area is 836 Å². The Kier molecular flexibility index (Phi) is 78.5. The molecule has 8 N–H and O–H groups in total. The zero-order valence-electron chi connectivity index (χ0n) is 86.9. The van der Waals surface area contributed by atoms with Crippen LogP contribution in [0.2, 0.25) is 0 Å². The average molecular weight is 1860 g/mol. The van der Waals surface area contributed by atoms with Gasteiger partial charge in [-0.1, -0.05) is 607 Å². The number of benzene rings is 20. The second kappa shape index (κ2) is 85.8. The zero-order valence-corrected chi connectivity index (χ0v) is 86.9. The first kappa shape index (κ1) is 127. The Balaban J connectivity index is 0. The van der Waals surface area contributed by atoms with Gasteiger partial charge < -0.3 is 40.9 Å². The molecule has 0 bridgehead atoms. The summed E-state index contributed by atoms with van der Waals surface area (Å²) in [5, 5.41) is 77.0. The Hall–Kier alpha value is -13.8. The van der Waals surface area contributed by atoms with Crippen LogP contribution in [0.25, 0.3) is 97.3 Å². The second-order valence-electron chi connectivity index (χ2n) is 32.8. The number of hydrogen-bond donors (Lipinski definition) is 8. The average Bonchev–Trinajstić information content (AvgIpc) is 0.809. The van der Waals surface area contributed by atoms with Crippen LogP contribution in [0.1, 0.15) is 108 Å². The number of aliphatic hydroxyl groups excluding tert-OH is 8. The third kappa shape index (κ3) is 58.4. The van der Waals surface area contributed by atoms with Crippen LogP contribution in [-0.4, -0.2) is 97.7 Å². The van der Waals surface area contributed by atoms with Gasteiger partial charge in [-0.05, 0) is 132 Å². The van der Waals surface area contributed by atoms with E-state index in [1.54, 1.807) is 0 Å². The molecule has 0 amide bonds. The summed E-state index contributed by atoms with van der Waals surface area (Å²) in [5.74, 6) is 3.33. The van der Waals surface area contributed by atoms with Crippen LogP contribution in [-0.2, 0) is 5.41 Å². The molecule has 8 nitrogen and oxygen atoms in total. The molecule has 139 heavy (non-hydrogen) atoms. The molecule has 20 rings (SSSR count). The monoisotopic (exact) mass is 1860 g/mol. The second-order valence-corrected chi connectivity index (χ2v) is 32.8. The third-order valence-corrected chi connectivity index (χ3v) is 18.1. The van der Waals surface area contributed by atoms with Crippen molar-refractivity contribution in [2.45, 2.75) is 102 Å². The first-order chi connectivity index (χ1) is 67.8. The van der Waals surface area contributed by atoms with Gasteiger partial charge in [0.2, 0.25) is 0 Å². The van der Waals surface area contributed by atoms with Crippen LogP contribution >= 0.6 is 0 Å². The maximum atomic E-state index is 7.00. The van der Waals surface area contributed by atoms with Gasteiger partial charge in [-0.25, -0.2) is 0 Å². The maximum absolute atomic E-state index is 7.00. The molecular weight excluding hydrogens is 1700 g/mol. The molecule has 20 aromatic carbocycles. The van der Waals surface area contributed by atoms with E-state index in [0.29, 0.717) is 0 Å². The first-order valence-corrected chi connectivity index (χ1v) is 47.1. The molecule has 0 saturated heterocycles. The number of rotatable bonds is 3. The van der Waals surface area contributed by atoms with Crippen LogP contribution in [0, 0.1) is 23.7 Å². The third-order valence-electron chi connectivity index (χ3n) is 18.1. The highest BCUT2D eigenvalue weighted by Crippen LogP contribution is 2.31. The van der Waals surface area contributed by atoms with Gasteiger partial charge in [-0.3, -0.25) is 0 Å². The summed E-state index contributed by atoms with van der Waals surface area (Å²) in [5.41, 5.74) is 5.35. The SMILES string of the molecule is CC(C)(c1ccccc1)c1ccccc1.CC(C)C.CC(C)C.CC(C)C.CC(C)C.CO.CO.CO.CO.CO.CO.CO.CO.c1ccc(-c2ccccc2)cc1.c1ccc2ccccc2c1.c1ccc2ccccc2c1.c1ccc2ccccc2c1.c1ccc2ccccc2c1.c1ccc2ccccc2c1.c1ccc2ccccc2c1.c1ccc2ccccc2c1.c1ccc2ccccc2c1. The highest BCUT2D eigenvalue weighted by molar-refractivity contribution is 5.87. The zero-order chi connectivity index (χ0) is 104. The Morgan fingerprint density at radius 3 is 0.259 bits per heavy atom. The molecule has 0 aliphatic carbocycles. The van der Waals surface area contributed by atoms with E-state index in [-0.39, 0.29) is 5.41 Å². The van der Waals surface area contributed by atoms with E-state index in [1.807, 2.05) is 12.1 Å². The highest BCUT2D eigenvalue weighted by atomic mass is 16.2. The smallest absolute Gasteiger partial charge is 0.0319 e. The largest absolute Gasteiger partial charge is 0.400 e. The molecule has 0 saturated carbocycles. The molecule has 0 radical (unpaired) electrons. The molecule has 0 aliphatic rings. The van der Waals surface area contributed by atoms with Gasteiger partial charge in [-0.2, -0.15) is 0 Å². The van der Waals surface area contributed by atoms with E-state index < -0.39 is 0 Å². The lowest BCUT2D eigenvalue weighted by Gasteiger charge is -2.25. The molecular formula is C131H162O8. The molecule has 8 heteroatoms. The molecule has 0 atom stereocenters. The molecule has 0 heterocycles. The van der Waals surface area contributed by atoms with Gasteiger partial charge in [-0.15, -0.1) is 0 Å². The van der Waals surface area contributed by atoms with Crippen molar-refractivity contribution in [2.75, 3.05) is 56.9 Å². The number of hydrogen-bond acceptors (Lipinski definition) is 8. The van der Waals surface area contributed by atoms with Crippen LogP contribution in [0.3, 0.4) is 0 Å². The van der Waals surface area contributed by atoms with E-state index in [1.165, 1.54) is 108 Å². The van der Waals surface area contributed by atoms with Gasteiger partial charge in [0.05, 0.1) is 0 Å². The Morgan fingerprint density at radius 1 is 0.115 bits per heavy atom. The van der Waals surface area contributed by atoms with E-state index in [4.69, 9.17) is 40.9 Å². The number of fused-ring (bicyclic) bond motifs is 8. The summed E-state index contributed by atoms with van der Waals surface area (Å²) < 4.78 is 0. The lowest BCUT2D eigenvalue weighted by Crippen LogP contribution is -2.18. The van der Waals surface area contributed by atoms with Gasteiger partial charge in [0.15, 0.2) is 0 Å². The lowest BCUT2D eigenvalue weighted by atomic mass is 9.78. The highest BCUT2D eigenvalue weighted by Gasteiger charge is 2.22. The van der Waals surface area contributed by atoms with Crippen LogP contribution in [0.5, 0.6) is 0 Å². The van der Waals surface area contributed by atoms with Gasteiger partial charge in [0.25, 0.3) is 0 Å². The van der Waals surface area contributed by atoms with Crippen molar-refractivity contribution in [3.63, 3.8) is 0 Å². The molecule has 0 aliphatic heterocycles. The molecule has 0 aromatic heterocycles. The fourth-order valence-corrected chi connectivity index (χ4v) is 12.2. The number of aliphatic hydroxyl groups is 8. The minimum Gasteiger partial charge on any atom is -0.400 e. The Morgan fingerprint density at radius 2 is 0.180 bits per heavy atom. The predicted octanol–water partition coefficient (Wildman–Crippen LogP) is 33.6. The fourth-order valence-electron chi connectivity index (χ4n) is 12.2. The Bertz CT molecular complexity index is 4650. The van der Waals surface area contributed by atoms with Gasteiger partial charge >= 0.3 is 0 Å². The summed E-state index contributed by atoms with van der Waals surface area (Å²) in [6, 6.07) is 176.